The van der Waals surface area contributed by atoms with Crippen molar-refractivity contribution in [1.29, 1.82) is 0 Å². The van der Waals surface area contributed by atoms with E-state index in [1.807, 2.05) is 0 Å². The second kappa shape index (κ2) is 32.4. The molecule has 0 saturated carbocycles. The maximum Gasteiger partial charge on any atom is 0.403 e. The molecule has 0 heterocycles. The van der Waals surface area contributed by atoms with Crippen molar-refractivity contribution < 1.29 is 136 Å². The normalized spacial score (nSPS) is 15.7. The largest absolute Gasteiger partial charge is 0.633 e. The predicted molar refractivity (Wildman–Crippen MR) is 95.8 cm³/mol. The van der Waals surface area contributed by atoms with Gasteiger partial charge in [0, 0.05) is 42.1 Å². The molecule has 0 aliphatic rings. The molecule has 6 atom stereocenters. The molecule has 20 nitrogen and oxygen atoms in total. The Balaban J connectivity index is -0.0000000626. The molecule has 0 aliphatic carbocycles. The minimum absolute atomic E-state index is 0. The summed E-state index contributed by atoms with van der Waals surface area (Å²) in [6, 6.07) is 0. The SMILES string of the molecule is O=[PH](O)O[PH+](O)O.O=[PH](O)O[PH+](O)O.O=[PH](O)O[PH+]([O-])O.O=[PH](O)O[PH+]([O-])O.[Pt].[Pt]. The van der Waals surface area contributed by atoms with Gasteiger partial charge in [0.15, 0.2) is 0 Å². The molecular weight excluding hydrogens is 958 g/mol. The van der Waals surface area contributed by atoms with E-state index in [4.69, 9.17) is 48.9 Å². The van der Waals surface area contributed by atoms with E-state index >= 15 is 0 Å². The van der Waals surface area contributed by atoms with Crippen molar-refractivity contribution in [3.8, 4) is 0 Å². The molecule has 0 amide bonds. The van der Waals surface area contributed by atoms with E-state index in [2.05, 4.69) is 17.2 Å². The third kappa shape index (κ3) is 77.1. The Labute approximate surface area is 203 Å². The third-order valence-electron chi connectivity index (χ3n) is 0.706. The maximum atomic E-state index is 9.48. The van der Waals surface area contributed by atoms with E-state index in [0.29, 0.717) is 0 Å². The zero-order chi connectivity index (χ0) is 23.4. The van der Waals surface area contributed by atoms with E-state index in [9.17, 15) is 28.0 Å². The van der Waals surface area contributed by atoms with Crippen molar-refractivity contribution in [3.63, 3.8) is 0 Å². The zero-order valence-corrected chi connectivity index (χ0v) is 25.7. The Hall–Kier alpha value is 3.38. The van der Waals surface area contributed by atoms with Crippen LogP contribution >= 0.6 is 67.4 Å². The fraction of sp³-hybridized carbons (Fsp3) is 0. The van der Waals surface area contributed by atoms with E-state index in [1.54, 1.807) is 0 Å². The van der Waals surface area contributed by atoms with Crippen LogP contribution in [-0.2, 0) is 77.6 Å². The molecule has 0 saturated heterocycles. The van der Waals surface area contributed by atoms with Gasteiger partial charge >= 0.3 is 50.2 Å². The van der Waals surface area contributed by atoms with Crippen LogP contribution in [0.25, 0.3) is 0 Å². The van der Waals surface area contributed by atoms with Crippen LogP contribution < -0.4 is 9.79 Å². The zero-order valence-electron chi connectivity index (χ0n) is 13.2. The number of hydrogen-bond acceptors (Lipinski definition) is 16. The van der Waals surface area contributed by atoms with E-state index in [-0.39, 0.29) is 42.1 Å². The van der Waals surface area contributed by atoms with Crippen molar-refractivity contribution >= 4 is 67.4 Å². The molecule has 0 fully saturated rings. The van der Waals surface area contributed by atoms with Gasteiger partial charge in [-0.1, -0.05) is 8.62 Å². The molecule has 10 N–H and O–H groups in total. The van der Waals surface area contributed by atoms with Gasteiger partial charge in [-0.25, -0.2) is 9.79 Å². The fourth-order valence-electron chi connectivity index (χ4n) is 0.306. The van der Waals surface area contributed by atoms with Crippen LogP contribution in [0.5, 0.6) is 0 Å². The Morgan fingerprint density at radius 1 is 0.500 bits per heavy atom. The second-order valence-corrected chi connectivity index (χ2v) is 10.2. The van der Waals surface area contributed by atoms with Crippen LogP contribution in [0.4, 0.5) is 0 Å². The summed E-state index contributed by atoms with van der Waals surface area (Å²) in [5.74, 6) is 0. The molecule has 6 unspecified atom stereocenters. The third-order valence-corrected chi connectivity index (χ3v) is 6.36. The molecule has 0 rings (SSSR count). The fourth-order valence-corrected chi connectivity index (χ4v) is 2.75. The van der Waals surface area contributed by atoms with Crippen molar-refractivity contribution in [2.24, 2.45) is 0 Å². The van der Waals surface area contributed by atoms with Crippen molar-refractivity contribution in [3.05, 3.63) is 0 Å². The summed E-state index contributed by atoms with van der Waals surface area (Å²) in [4.78, 5) is 96.5. The van der Waals surface area contributed by atoms with Gasteiger partial charge in [0.1, 0.15) is 0 Å². The quantitative estimate of drug-likeness (QED) is 0.104. The Morgan fingerprint density at radius 2 is 0.667 bits per heavy atom. The topological polar surface area (TPSA) is 354 Å². The molecular formula is H18O20P8Pt2+2. The molecule has 0 aromatic carbocycles. The first-order valence-electron chi connectivity index (χ1n) is 5.09. The predicted octanol–water partition coefficient (Wildman–Crippen LogP) is -3.95. The van der Waals surface area contributed by atoms with E-state index < -0.39 is 67.4 Å². The molecule has 0 aromatic heterocycles. The van der Waals surface area contributed by atoms with Gasteiger partial charge < -0.3 is 29.4 Å². The summed E-state index contributed by atoms with van der Waals surface area (Å²) >= 11 is 0. The maximum absolute atomic E-state index is 9.48. The first kappa shape index (κ1) is 46.7. The minimum Gasteiger partial charge on any atom is -0.633 e. The van der Waals surface area contributed by atoms with Gasteiger partial charge in [-0.3, -0.25) is 18.3 Å². The molecule has 0 radical (unpaired) electrons. The first-order chi connectivity index (χ1) is 12.5. The average Bonchev–Trinajstić information content (AvgIpc) is 2.32. The van der Waals surface area contributed by atoms with Crippen LogP contribution in [0.1, 0.15) is 0 Å². The molecule has 0 bridgehead atoms. The Bertz CT molecular complexity index is 357. The van der Waals surface area contributed by atoms with Crippen molar-refractivity contribution in [2.75, 3.05) is 0 Å². The summed E-state index contributed by atoms with van der Waals surface area (Å²) < 4.78 is 51.9. The summed E-state index contributed by atoms with van der Waals surface area (Å²) in [5, 5.41) is 0. The van der Waals surface area contributed by atoms with Crippen molar-refractivity contribution in [2.45, 2.75) is 0 Å². The van der Waals surface area contributed by atoms with Crippen LogP contribution in [0, 0.1) is 0 Å². The van der Waals surface area contributed by atoms with E-state index in [1.165, 1.54) is 0 Å². The van der Waals surface area contributed by atoms with E-state index in [0.717, 1.165) is 0 Å². The second-order valence-electron chi connectivity index (χ2n) is 2.57. The smallest absolute Gasteiger partial charge is 0.403 e. The van der Waals surface area contributed by atoms with Gasteiger partial charge in [-0.2, -0.15) is 19.6 Å². The van der Waals surface area contributed by atoms with Crippen LogP contribution in [-0.4, -0.2) is 48.9 Å². The van der Waals surface area contributed by atoms with Gasteiger partial charge in [0.25, 0.3) is 0 Å². The molecule has 0 aromatic rings. The first-order valence-corrected chi connectivity index (χ1v) is 15.3. The van der Waals surface area contributed by atoms with Gasteiger partial charge in [-0.15, -0.1) is 8.62 Å². The van der Waals surface area contributed by atoms with Gasteiger partial charge in [-0.05, 0) is 0 Å². The molecule has 30 heteroatoms. The van der Waals surface area contributed by atoms with Crippen LogP contribution in [0.15, 0.2) is 0 Å². The Kier molecular flexibility index (Phi) is 50.4. The summed E-state index contributed by atoms with van der Waals surface area (Å²) in [7, 11) is -25.0. The monoisotopic (exact) mass is 976 g/mol. The molecule has 0 aliphatic heterocycles. The standard InChI is InChI=1S/4H4O5P2.2Pt/c4*1-6(2)5-7(3)4;;/h2*1,6-7H,(H,3,4);2*1-2,6-7H;;/p+2. The summed E-state index contributed by atoms with van der Waals surface area (Å²) in [6.45, 7) is 0. The molecule has 0 spiro atoms. The summed E-state index contributed by atoms with van der Waals surface area (Å²) in [6.07, 6.45) is 0. The van der Waals surface area contributed by atoms with Crippen molar-refractivity contribution in [1.82, 2.24) is 0 Å². The molecule has 196 valence electrons. The average molecular weight is 976 g/mol. The number of hydrogen-bond donors (Lipinski definition) is 10. The van der Waals surface area contributed by atoms with Crippen LogP contribution in [0.3, 0.4) is 0 Å². The number of rotatable bonds is 8. The van der Waals surface area contributed by atoms with Crippen LogP contribution in [0.2, 0.25) is 0 Å². The Morgan fingerprint density at radius 3 is 0.667 bits per heavy atom. The van der Waals surface area contributed by atoms with Gasteiger partial charge in [0.2, 0.25) is 17.2 Å². The molecule has 30 heavy (non-hydrogen) atoms. The summed E-state index contributed by atoms with van der Waals surface area (Å²) in [5.41, 5.74) is 0. The van der Waals surface area contributed by atoms with Gasteiger partial charge in [0.05, 0.1) is 0 Å². The minimum atomic E-state index is -3.20.